The van der Waals surface area contributed by atoms with Crippen molar-refractivity contribution in [1.82, 2.24) is 15.3 Å². The van der Waals surface area contributed by atoms with E-state index in [0.717, 1.165) is 36.0 Å². The molecule has 1 atom stereocenters. The van der Waals surface area contributed by atoms with Crippen molar-refractivity contribution in [3.05, 3.63) is 12.1 Å². The molecule has 0 bridgehead atoms. The number of aromatic nitrogens is 2. The van der Waals surface area contributed by atoms with Crippen LogP contribution in [-0.2, 0) is 9.53 Å². The molecule has 2 aromatic rings. The number of nitrogens with zero attached hydrogens (tertiary/aromatic N) is 2. The number of rotatable bonds is 9. The summed E-state index contributed by atoms with van der Waals surface area (Å²) in [6, 6.07) is 3.87. The highest BCUT2D eigenvalue weighted by Gasteiger charge is 2.31. The van der Waals surface area contributed by atoms with Crippen molar-refractivity contribution in [2.75, 3.05) is 13.2 Å². The summed E-state index contributed by atoms with van der Waals surface area (Å²) in [4.78, 5) is 21.0. The van der Waals surface area contributed by atoms with Crippen LogP contribution in [0.3, 0.4) is 0 Å². The molecule has 2 heterocycles. The highest BCUT2D eigenvalue weighted by atomic mass is 32.1. The summed E-state index contributed by atoms with van der Waals surface area (Å²) in [6.07, 6.45) is 7.25. The molecule has 2 aromatic heterocycles. The first-order chi connectivity index (χ1) is 14.0. The lowest BCUT2D eigenvalue weighted by Gasteiger charge is -2.35. The molecule has 29 heavy (non-hydrogen) atoms. The fourth-order valence-corrected chi connectivity index (χ4v) is 4.73. The maximum Gasteiger partial charge on any atom is 0.276 e. The number of nitrogens with one attached hydrogen (secondary N) is 1. The molecule has 1 amide bonds. The number of thiazole rings is 1. The Balaban J connectivity index is 1.20. The number of ether oxygens (including phenoxy) is 3. The van der Waals surface area contributed by atoms with Crippen molar-refractivity contribution in [2.24, 2.45) is 5.92 Å². The first-order valence-corrected chi connectivity index (χ1v) is 11.3. The van der Waals surface area contributed by atoms with E-state index in [-0.39, 0.29) is 18.1 Å². The standard InChI is InChI=1S/C21H29N3O4S/c1-13(22-14(2)25)11-26-17-9-15(10-17)12-27-19-8-7-18-20(24-19)29-21(23-18)28-16-5-3-4-6-16/h7-8,13,15-17H,3-6,9-12H2,1-2H3,(H,22,25)/t13-,15?,17?/m0/s1. The minimum atomic E-state index is -0.0244. The second-order valence-corrected chi connectivity index (χ2v) is 9.12. The molecule has 0 unspecified atom stereocenters. The molecule has 0 aliphatic heterocycles. The van der Waals surface area contributed by atoms with Gasteiger partial charge in [0.2, 0.25) is 11.8 Å². The average molecular weight is 420 g/mol. The molecule has 0 aromatic carbocycles. The Morgan fingerprint density at radius 1 is 1.24 bits per heavy atom. The molecule has 2 aliphatic rings. The number of hydrogen-bond acceptors (Lipinski definition) is 7. The minimum absolute atomic E-state index is 0.0244. The zero-order chi connectivity index (χ0) is 20.2. The first-order valence-electron chi connectivity index (χ1n) is 10.5. The van der Waals surface area contributed by atoms with Gasteiger partial charge in [0.05, 0.1) is 19.3 Å². The second-order valence-electron chi connectivity index (χ2n) is 8.18. The molecule has 0 radical (unpaired) electrons. The largest absolute Gasteiger partial charge is 0.477 e. The quantitative estimate of drug-likeness (QED) is 0.667. The Morgan fingerprint density at radius 2 is 2.03 bits per heavy atom. The third-order valence-electron chi connectivity index (χ3n) is 5.47. The molecule has 2 fully saturated rings. The Morgan fingerprint density at radius 3 is 2.79 bits per heavy atom. The van der Waals surface area contributed by atoms with Gasteiger partial charge < -0.3 is 19.5 Å². The van der Waals surface area contributed by atoms with Crippen LogP contribution < -0.4 is 14.8 Å². The molecule has 158 valence electrons. The van der Waals surface area contributed by atoms with E-state index in [1.165, 1.54) is 31.1 Å². The summed E-state index contributed by atoms with van der Waals surface area (Å²) in [5.74, 6) is 1.09. The number of carbonyl (C=O) groups excluding carboxylic acids is 1. The van der Waals surface area contributed by atoms with E-state index in [1.54, 1.807) is 0 Å². The van der Waals surface area contributed by atoms with Crippen LogP contribution in [0.25, 0.3) is 10.3 Å². The third kappa shape index (κ3) is 5.57. The van der Waals surface area contributed by atoms with Crippen molar-refractivity contribution in [2.45, 2.75) is 70.6 Å². The molecular formula is C21H29N3O4S. The van der Waals surface area contributed by atoms with Gasteiger partial charge in [0, 0.05) is 19.0 Å². The number of fused-ring (bicyclic) bond motifs is 1. The summed E-state index contributed by atoms with van der Waals surface area (Å²) in [6.45, 7) is 4.66. The summed E-state index contributed by atoms with van der Waals surface area (Å²) in [5.41, 5.74) is 0.862. The Bertz CT molecular complexity index is 830. The molecule has 4 rings (SSSR count). The second kappa shape index (κ2) is 9.26. The zero-order valence-corrected chi connectivity index (χ0v) is 17.9. The lowest BCUT2D eigenvalue weighted by Crippen LogP contribution is -2.40. The molecule has 0 saturated heterocycles. The lowest BCUT2D eigenvalue weighted by molar-refractivity contribution is -0.120. The Hall–Kier alpha value is -1.93. The van der Waals surface area contributed by atoms with Crippen LogP contribution in [0.1, 0.15) is 52.4 Å². The van der Waals surface area contributed by atoms with Gasteiger partial charge in [-0.15, -0.1) is 0 Å². The summed E-state index contributed by atoms with van der Waals surface area (Å²) in [5, 5.41) is 3.54. The fraction of sp³-hybridized carbons (Fsp3) is 0.667. The van der Waals surface area contributed by atoms with E-state index >= 15 is 0 Å². The third-order valence-corrected chi connectivity index (χ3v) is 6.33. The van der Waals surface area contributed by atoms with Crippen molar-refractivity contribution in [1.29, 1.82) is 0 Å². The summed E-state index contributed by atoms with van der Waals surface area (Å²) in [7, 11) is 0. The van der Waals surface area contributed by atoms with Crippen LogP contribution in [0, 0.1) is 5.92 Å². The topological polar surface area (TPSA) is 82.6 Å². The zero-order valence-electron chi connectivity index (χ0n) is 17.1. The molecule has 0 spiro atoms. The van der Waals surface area contributed by atoms with Crippen molar-refractivity contribution >= 4 is 27.6 Å². The minimum Gasteiger partial charge on any atom is -0.477 e. The van der Waals surface area contributed by atoms with Crippen LogP contribution in [0.4, 0.5) is 0 Å². The van der Waals surface area contributed by atoms with E-state index in [9.17, 15) is 4.79 Å². The summed E-state index contributed by atoms with van der Waals surface area (Å²) < 4.78 is 17.7. The van der Waals surface area contributed by atoms with E-state index in [0.29, 0.717) is 36.3 Å². The van der Waals surface area contributed by atoms with Gasteiger partial charge in [0.1, 0.15) is 11.6 Å². The number of pyridine rings is 1. The molecular weight excluding hydrogens is 390 g/mol. The highest BCUT2D eigenvalue weighted by molar-refractivity contribution is 7.19. The first kappa shape index (κ1) is 20.3. The Labute approximate surface area is 175 Å². The predicted molar refractivity (Wildman–Crippen MR) is 112 cm³/mol. The number of hydrogen-bond donors (Lipinski definition) is 1. The molecule has 2 aliphatic carbocycles. The van der Waals surface area contributed by atoms with Gasteiger partial charge in [-0.1, -0.05) is 11.3 Å². The van der Waals surface area contributed by atoms with Gasteiger partial charge in [-0.25, -0.2) is 9.97 Å². The predicted octanol–water partition coefficient (Wildman–Crippen LogP) is 3.71. The van der Waals surface area contributed by atoms with Crippen molar-refractivity contribution in [3.8, 4) is 11.1 Å². The van der Waals surface area contributed by atoms with Crippen LogP contribution in [-0.4, -0.2) is 47.3 Å². The smallest absolute Gasteiger partial charge is 0.276 e. The summed E-state index contributed by atoms with van der Waals surface area (Å²) >= 11 is 1.49. The van der Waals surface area contributed by atoms with E-state index in [2.05, 4.69) is 15.3 Å². The van der Waals surface area contributed by atoms with Crippen molar-refractivity contribution < 1.29 is 19.0 Å². The van der Waals surface area contributed by atoms with Crippen LogP contribution in [0.2, 0.25) is 0 Å². The van der Waals surface area contributed by atoms with Gasteiger partial charge in [0.15, 0.2) is 4.83 Å². The van der Waals surface area contributed by atoms with E-state index in [4.69, 9.17) is 14.2 Å². The lowest BCUT2D eigenvalue weighted by atomic mass is 9.83. The van der Waals surface area contributed by atoms with Crippen LogP contribution in [0.15, 0.2) is 12.1 Å². The van der Waals surface area contributed by atoms with Gasteiger partial charge in [-0.2, -0.15) is 0 Å². The molecule has 2 saturated carbocycles. The van der Waals surface area contributed by atoms with Gasteiger partial charge >= 0.3 is 0 Å². The van der Waals surface area contributed by atoms with Crippen LogP contribution >= 0.6 is 11.3 Å². The van der Waals surface area contributed by atoms with Gasteiger partial charge in [0.25, 0.3) is 5.19 Å². The molecule has 1 N–H and O–H groups in total. The fourth-order valence-electron chi connectivity index (χ4n) is 3.88. The monoisotopic (exact) mass is 419 g/mol. The van der Waals surface area contributed by atoms with Gasteiger partial charge in [-0.3, -0.25) is 4.79 Å². The van der Waals surface area contributed by atoms with E-state index in [1.807, 2.05) is 19.1 Å². The van der Waals surface area contributed by atoms with Crippen LogP contribution in [0.5, 0.6) is 11.1 Å². The van der Waals surface area contributed by atoms with E-state index < -0.39 is 0 Å². The Kier molecular flexibility index (Phi) is 6.50. The number of carbonyl (C=O) groups is 1. The SMILES string of the molecule is CC(=O)N[C@@H](C)COC1CC(COc2ccc3nc(OC4CCCC4)sc3n2)C1. The normalized spacial score (nSPS) is 23.0. The average Bonchev–Trinajstić information content (AvgIpc) is 3.28. The number of amides is 1. The molecule has 8 heteroatoms. The highest BCUT2D eigenvalue weighted by Crippen LogP contribution is 2.33. The van der Waals surface area contributed by atoms with Crippen molar-refractivity contribution in [3.63, 3.8) is 0 Å². The maximum atomic E-state index is 11.0. The van der Waals surface area contributed by atoms with Gasteiger partial charge in [-0.05, 0) is 57.4 Å². The maximum absolute atomic E-state index is 11.0. The molecule has 7 nitrogen and oxygen atoms in total.